The Morgan fingerprint density at radius 2 is 2.33 bits per heavy atom. The fourth-order valence-electron chi connectivity index (χ4n) is 1.08. The van der Waals surface area contributed by atoms with Crippen LogP contribution in [0.1, 0.15) is 17.5 Å². The minimum atomic E-state index is -0.257. The average Bonchev–Trinajstić information content (AvgIpc) is 2.20. The summed E-state index contributed by atoms with van der Waals surface area (Å²) in [5.74, 6) is 5.50. The van der Waals surface area contributed by atoms with Crippen LogP contribution < -0.4 is 0 Å². The summed E-state index contributed by atoms with van der Waals surface area (Å²) < 4.78 is 12.7. The van der Waals surface area contributed by atoms with Gasteiger partial charge in [0, 0.05) is 23.4 Å². The predicted molar refractivity (Wildman–Crippen MR) is 56.6 cm³/mol. The highest BCUT2D eigenvalue weighted by Gasteiger charge is 1.95. The fourth-order valence-corrected chi connectivity index (χ4v) is 1.08. The van der Waals surface area contributed by atoms with Gasteiger partial charge in [0.25, 0.3) is 0 Å². The summed E-state index contributed by atoms with van der Waals surface area (Å²) >= 11 is 0. The second kappa shape index (κ2) is 5.69. The van der Waals surface area contributed by atoms with E-state index in [1.807, 2.05) is 0 Å². The van der Waals surface area contributed by atoms with Crippen LogP contribution in [-0.2, 0) is 0 Å². The molecule has 0 fully saturated rings. The lowest BCUT2D eigenvalue weighted by Gasteiger charge is -1.96. The normalized spacial score (nSPS) is 8.67. The highest BCUT2D eigenvalue weighted by Crippen LogP contribution is 2.08. The SMILES string of the molecule is Cc1cc(F)ccc1C#CCCN=[N+]=[N-]. The third kappa shape index (κ3) is 3.72. The van der Waals surface area contributed by atoms with Crippen molar-refractivity contribution in [1.29, 1.82) is 0 Å². The maximum Gasteiger partial charge on any atom is 0.123 e. The zero-order chi connectivity index (χ0) is 11.1. The second-order valence-electron chi connectivity index (χ2n) is 2.97. The van der Waals surface area contributed by atoms with Gasteiger partial charge < -0.3 is 0 Å². The van der Waals surface area contributed by atoms with E-state index < -0.39 is 0 Å². The molecule has 0 amide bonds. The molecule has 0 N–H and O–H groups in total. The lowest BCUT2D eigenvalue weighted by Crippen LogP contribution is -1.84. The van der Waals surface area contributed by atoms with Crippen molar-refractivity contribution in [2.45, 2.75) is 13.3 Å². The standard InChI is InChI=1S/C11H10FN3/c1-9-8-11(12)6-5-10(9)4-2-3-7-14-15-13/h5-6,8H,3,7H2,1H3. The number of nitrogens with zero attached hydrogens (tertiary/aromatic N) is 3. The van der Waals surface area contributed by atoms with Gasteiger partial charge >= 0.3 is 0 Å². The molecule has 0 unspecified atom stereocenters. The van der Waals surface area contributed by atoms with E-state index in [4.69, 9.17) is 5.53 Å². The van der Waals surface area contributed by atoms with Crippen LogP contribution in [0.15, 0.2) is 23.3 Å². The first-order chi connectivity index (χ1) is 7.24. The lowest BCUT2D eigenvalue weighted by atomic mass is 10.1. The van der Waals surface area contributed by atoms with Gasteiger partial charge in [-0.25, -0.2) is 4.39 Å². The number of hydrogen-bond donors (Lipinski definition) is 0. The minimum Gasteiger partial charge on any atom is -0.207 e. The molecular formula is C11H10FN3. The van der Waals surface area contributed by atoms with Gasteiger partial charge in [-0.2, -0.15) is 0 Å². The Labute approximate surface area is 87.6 Å². The van der Waals surface area contributed by atoms with E-state index in [9.17, 15) is 4.39 Å². The Morgan fingerprint density at radius 1 is 1.53 bits per heavy atom. The van der Waals surface area contributed by atoms with Crippen LogP contribution >= 0.6 is 0 Å². The van der Waals surface area contributed by atoms with Crippen molar-refractivity contribution in [2.75, 3.05) is 6.54 Å². The Hall–Kier alpha value is -1.98. The van der Waals surface area contributed by atoms with Crippen molar-refractivity contribution < 1.29 is 4.39 Å². The Balaban J connectivity index is 2.67. The summed E-state index contributed by atoms with van der Waals surface area (Å²) in [4.78, 5) is 2.62. The topological polar surface area (TPSA) is 48.8 Å². The minimum absolute atomic E-state index is 0.257. The summed E-state index contributed by atoms with van der Waals surface area (Å²) in [7, 11) is 0. The van der Waals surface area contributed by atoms with Gasteiger partial charge in [-0.15, -0.1) is 0 Å². The third-order valence-electron chi connectivity index (χ3n) is 1.81. The maximum atomic E-state index is 12.7. The molecule has 0 aliphatic rings. The van der Waals surface area contributed by atoms with Crippen molar-refractivity contribution in [3.8, 4) is 11.8 Å². The monoisotopic (exact) mass is 203 g/mol. The molecule has 3 nitrogen and oxygen atoms in total. The number of azide groups is 1. The molecule has 0 saturated heterocycles. The molecule has 0 aliphatic heterocycles. The van der Waals surface area contributed by atoms with Crippen LogP contribution in [0.3, 0.4) is 0 Å². The van der Waals surface area contributed by atoms with Crippen LogP contribution in [-0.4, -0.2) is 6.54 Å². The Morgan fingerprint density at radius 3 is 3.00 bits per heavy atom. The number of halogens is 1. The van der Waals surface area contributed by atoms with Crippen LogP contribution in [0, 0.1) is 24.6 Å². The van der Waals surface area contributed by atoms with Gasteiger partial charge in [-0.3, -0.25) is 0 Å². The number of aryl methyl sites for hydroxylation is 1. The Bertz CT molecular complexity index is 451. The van der Waals surface area contributed by atoms with Crippen molar-refractivity contribution in [1.82, 2.24) is 0 Å². The first kappa shape index (κ1) is 11.1. The van der Waals surface area contributed by atoms with Crippen LogP contribution in [0.5, 0.6) is 0 Å². The first-order valence-corrected chi connectivity index (χ1v) is 4.50. The molecule has 15 heavy (non-hydrogen) atoms. The van der Waals surface area contributed by atoms with E-state index in [1.165, 1.54) is 12.1 Å². The van der Waals surface area contributed by atoms with Gasteiger partial charge in [0.1, 0.15) is 5.82 Å². The molecule has 1 aromatic carbocycles. The van der Waals surface area contributed by atoms with E-state index in [-0.39, 0.29) is 5.82 Å². The van der Waals surface area contributed by atoms with E-state index >= 15 is 0 Å². The van der Waals surface area contributed by atoms with E-state index in [2.05, 4.69) is 21.9 Å². The third-order valence-corrected chi connectivity index (χ3v) is 1.81. The van der Waals surface area contributed by atoms with Gasteiger partial charge in [0.2, 0.25) is 0 Å². The van der Waals surface area contributed by atoms with Gasteiger partial charge in [-0.05, 0) is 36.2 Å². The number of rotatable bonds is 2. The zero-order valence-electron chi connectivity index (χ0n) is 8.37. The molecular weight excluding hydrogens is 193 g/mol. The number of benzene rings is 1. The molecule has 0 aliphatic carbocycles. The summed E-state index contributed by atoms with van der Waals surface area (Å²) in [6.07, 6.45) is 0.515. The van der Waals surface area contributed by atoms with Crippen molar-refractivity contribution in [3.05, 3.63) is 45.6 Å². The average molecular weight is 203 g/mol. The molecule has 0 radical (unpaired) electrons. The smallest absolute Gasteiger partial charge is 0.123 e. The highest BCUT2D eigenvalue weighted by molar-refractivity contribution is 5.40. The Kier molecular flexibility index (Phi) is 4.21. The van der Waals surface area contributed by atoms with Gasteiger partial charge in [0.05, 0.1) is 0 Å². The van der Waals surface area contributed by atoms with E-state index in [1.54, 1.807) is 13.0 Å². The van der Waals surface area contributed by atoms with Gasteiger partial charge in [0.15, 0.2) is 0 Å². The number of hydrogen-bond acceptors (Lipinski definition) is 1. The van der Waals surface area contributed by atoms with Crippen LogP contribution in [0.2, 0.25) is 0 Å². The molecule has 0 heterocycles. The van der Waals surface area contributed by atoms with Gasteiger partial charge in [-0.1, -0.05) is 17.0 Å². The summed E-state index contributed by atoms with van der Waals surface area (Å²) in [6, 6.07) is 4.47. The summed E-state index contributed by atoms with van der Waals surface area (Å²) in [6.45, 7) is 2.17. The first-order valence-electron chi connectivity index (χ1n) is 4.50. The maximum absolute atomic E-state index is 12.7. The molecule has 4 heteroatoms. The van der Waals surface area contributed by atoms with Crippen LogP contribution in [0.4, 0.5) is 4.39 Å². The summed E-state index contributed by atoms with van der Waals surface area (Å²) in [5.41, 5.74) is 9.64. The second-order valence-corrected chi connectivity index (χ2v) is 2.97. The predicted octanol–water partition coefficient (Wildman–Crippen LogP) is 3.19. The fraction of sp³-hybridized carbons (Fsp3) is 0.273. The van der Waals surface area contributed by atoms with Crippen LogP contribution in [0.25, 0.3) is 10.4 Å². The molecule has 76 valence electrons. The molecule has 1 aromatic rings. The van der Waals surface area contributed by atoms with E-state index in [0.29, 0.717) is 13.0 Å². The van der Waals surface area contributed by atoms with Crippen molar-refractivity contribution in [3.63, 3.8) is 0 Å². The molecule has 0 aromatic heterocycles. The quantitative estimate of drug-likeness (QED) is 0.233. The lowest BCUT2D eigenvalue weighted by molar-refractivity contribution is 0.626. The zero-order valence-corrected chi connectivity index (χ0v) is 8.37. The van der Waals surface area contributed by atoms with Crippen molar-refractivity contribution in [2.24, 2.45) is 5.11 Å². The summed E-state index contributed by atoms with van der Waals surface area (Å²) in [5, 5.41) is 3.36. The molecule has 0 spiro atoms. The van der Waals surface area contributed by atoms with Crippen molar-refractivity contribution >= 4 is 0 Å². The molecule has 0 atom stereocenters. The highest BCUT2D eigenvalue weighted by atomic mass is 19.1. The molecule has 0 bridgehead atoms. The molecule has 0 saturated carbocycles. The largest absolute Gasteiger partial charge is 0.207 e. The van der Waals surface area contributed by atoms with E-state index in [0.717, 1.165) is 11.1 Å². The molecule has 1 rings (SSSR count).